The molecule has 0 bridgehead atoms. The Morgan fingerprint density at radius 3 is 2.46 bits per heavy atom. The van der Waals surface area contributed by atoms with Crippen LogP contribution in [0.1, 0.15) is 16.1 Å². The van der Waals surface area contributed by atoms with Crippen LogP contribution >= 0.6 is 15.9 Å². The molecule has 0 aliphatic carbocycles. The summed E-state index contributed by atoms with van der Waals surface area (Å²) in [5.41, 5.74) is 1.24. The second kappa shape index (κ2) is 7.05. The van der Waals surface area contributed by atoms with E-state index in [9.17, 15) is 18.0 Å². The molecule has 0 radical (unpaired) electrons. The van der Waals surface area contributed by atoms with Crippen LogP contribution in [0, 0.1) is 0 Å². The van der Waals surface area contributed by atoms with Gasteiger partial charge in [0.2, 0.25) is 0 Å². The van der Waals surface area contributed by atoms with Crippen LogP contribution in [0.3, 0.4) is 0 Å². The van der Waals surface area contributed by atoms with E-state index < -0.39 is 15.7 Å². The number of sulfone groups is 1. The average Bonchev–Trinajstić information content (AvgIpc) is 2.59. The average molecular weight is 435 g/mol. The minimum atomic E-state index is -3.25. The van der Waals surface area contributed by atoms with E-state index in [1.165, 1.54) is 18.2 Å². The molecule has 2 aromatic carbocycles. The highest BCUT2D eigenvalue weighted by atomic mass is 79.9. The molecular formula is C18H15BrN2O4S. The number of rotatable bonds is 4. The van der Waals surface area contributed by atoms with Gasteiger partial charge in [-0.15, -0.1) is 0 Å². The lowest BCUT2D eigenvalue weighted by molar-refractivity contribution is 0.0946. The van der Waals surface area contributed by atoms with Gasteiger partial charge >= 0.3 is 0 Å². The van der Waals surface area contributed by atoms with Crippen molar-refractivity contribution in [3.05, 3.63) is 74.5 Å². The fourth-order valence-electron chi connectivity index (χ4n) is 2.47. The first-order chi connectivity index (χ1) is 12.2. The van der Waals surface area contributed by atoms with E-state index in [4.69, 9.17) is 0 Å². The molecule has 26 heavy (non-hydrogen) atoms. The van der Waals surface area contributed by atoms with Crippen LogP contribution in [0.4, 0.5) is 0 Å². The van der Waals surface area contributed by atoms with E-state index in [1.807, 2.05) is 0 Å². The van der Waals surface area contributed by atoms with Gasteiger partial charge in [0.05, 0.1) is 4.90 Å². The summed E-state index contributed by atoms with van der Waals surface area (Å²) < 4.78 is 23.7. The molecule has 3 aromatic rings. The molecule has 0 saturated heterocycles. The highest BCUT2D eigenvalue weighted by Crippen LogP contribution is 2.16. The number of aromatic amines is 1. The number of aromatic nitrogens is 1. The van der Waals surface area contributed by atoms with E-state index in [2.05, 4.69) is 26.2 Å². The molecule has 2 N–H and O–H groups in total. The van der Waals surface area contributed by atoms with Gasteiger partial charge in [0.25, 0.3) is 5.91 Å². The third-order valence-corrected chi connectivity index (χ3v) is 5.46. The van der Waals surface area contributed by atoms with Crippen molar-refractivity contribution in [1.82, 2.24) is 10.3 Å². The summed E-state index contributed by atoms with van der Waals surface area (Å²) in [5, 5.41) is 3.20. The van der Waals surface area contributed by atoms with E-state index in [0.29, 0.717) is 10.9 Å². The standard InChI is InChI=1S/C18H15BrN2O4S/c1-26(24,25)13-5-2-11(3-6-13)10-20-18(23)16-9-17(22)14-8-12(19)4-7-15(14)21-16/h2-9H,10H2,1H3,(H,20,23)(H,21,22). The van der Waals surface area contributed by atoms with Crippen LogP contribution in [0.15, 0.2) is 62.7 Å². The predicted molar refractivity (Wildman–Crippen MR) is 103 cm³/mol. The molecule has 1 aromatic heterocycles. The lowest BCUT2D eigenvalue weighted by Gasteiger charge is -2.07. The van der Waals surface area contributed by atoms with Crippen molar-refractivity contribution in [3.8, 4) is 0 Å². The first-order valence-corrected chi connectivity index (χ1v) is 10.3. The highest BCUT2D eigenvalue weighted by molar-refractivity contribution is 9.10. The summed E-state index contributed by atoms with van der Waals surface area (Å²) >= 11 is 3.31. The zero-order valence-corrected chi connectivity index (χ0v) is 16.1. The smallest absolute Gasteiger partial charge is 0.268 e. The van der Waals surface area contributed by atoms with Crippen molar-refractivity contribution in [3.63, 3.8) is 0 Å². The van der Waals surface area contributed by atoms with Gasteiger partial charge in [-0.1, -0.05) is 28.1 Å². The van der Waals surface area contributed by atoms with Gasteiger partial charge in [-0.25, -0.2) is 8.42 Å². The Balaban J connectivity index is 1.77. The Morgan fingerprint density at radius 1 is 1.12 bits per heavy atom. The molecule has 3 rings (SSSR count). The van der Waals surface area contributed by atoms with Gasteiger partial charge in [0, 0.05) is 34.2 Å². The first kappa shape index (κ1) is 18.3. The molecule has 1 amide bonds. The quantitative estimate of drug-likeness (QED) is 0.659. The number of halogens is 1. The van der Waals surface area contributed by atoms with E-state index in [0.717, 1.165) is 16.3 Å². The largest absolute Gasteiger partial charge is 0.350 e. The lowest BCUT2D eigenvalue weighted by atomic mass is 10.2. The minimum Gasteiger partial charge on any atom is -0.350 e. The third kappa shape index (κ3) is 4.03. The zero-order chi connectivity index (χ0) is 18.9. The molecular weight excluding hydrogens is 420 g/mol. The number of amides is 1. The molecule has 0 aliphatic heterocycles. The normalized spacial score (nSPS) is 11.5. The van der Waals surface area contributed by atoms with Crippen molar-refractivity contribution in [2.24, 2.45) is 0 Å². The van der Waals surface area contributed by atoms with E-state index in [1.54, 1.807) is 30.3 Å². The fraction of sp³-hybridized carbons (Fsp3) is 0.111. The Bertz CT molecular complexity index is 1150. The van der Waals surface area contributed by atoms with Gasteiger partial charge in [0.15, 0.2) is 15.3 Å². The molecule has 0 spiro atoms. The number of carbonyl (C=O) groups is 1. The zero-order valence-electron chi connectivity index (χ0n) is 13.7. The number of nitrogens with one attached hydrogen (secondary N) is 2. The summed E-state index contributed by atoms with van der Waals surface area (Å²) in [4.78, 5) is 27.7. The number of H-pyrrole nitrogens is 1. The maximum absolute atomic E-state index is 12.3. The highest BCUT2D eigenvalue weighted by Gasteiger charge is 2.11. The van der Waals surface area contributed by atoms with E-state index in [-0.39, 0.29) is 22.6 Å². The van der Waals surface area contributed by atoms with Crippen LogP contribution in [0.25, 0.3) is 10.9 Å². The van der Waals surface area contributed by atoms with Crippen molar-refractivity contribution in [2.75, 3.05) is 6.26 Å². The molecule has 6 nitrogen and oxygen atoms in total. The number of fused-ring (bicyclic) bond motifs is 1. The van der Waals surface area contributed by atoms with Gasteiger partial charge in [-0.3, -0.25) is 9.59 Å². The van der Waals surface area contributed by atoms with Crippen molar-refractivity contribution >= 4 is 42.6 Å². The van der Waals surface area contributed by atoms with Gasteiger partial charge < -0.3 is 10.3 Å². The summed E-state index contributed by atoms with van der Waals surface area (Å²) in [7, 11) is -3.25. The minimum absolute atomic E-state index is 0.164. The fourth-order valence-corrected chi connectivity index (χ4v) is 3.47. The number of hydrogen-bond donors (Lipinski definition) is 2. The van der Waals surface area contributed by atoms with Crippen molar-refractivity contribution in [2.45, 2.75) is 11.4 Å². The Kier molecular flexibility index (Phi) is 4.97. The van der Waals surface area contributed by atoms with Crippen LogP contribution < -0.4 is 10.7 Å². The molecule has 0 fully saturated rings. The molecule has 134 valence electrons. The second-order valence-electron chi connectivity index (χ2n) is 5.84. The van der Waals surface area contributed by atoms with Gasteiger partial charge in [-0.05, 0) is 35.9 Å². The lowest BCUT2D eigenvalue weighted by Crippen LogP contribution is -2.25. The van der Waals surface area contributed by atoms with Crippen LogP contribution in [-0.4, -0.2) is 25.6 Å². The third-order valence-electron chi connectivity index (χ3n) is 3.84. The molecule has 0 unspecified atom stereocenters. The van der Waals surface area contributed by atoms with E-state index >= 15 is 0 Å². The topological polar surface area (TPSA) is 96.1 Å². The Morgan fingerprint density at radius 2 is 1.81 bits per heavy atom. The molecule has 0 atom stereocenters. The first-order valence-electron chi connectivity index (χ1n) is 7.64. The van der Waals surface area contributed by atoms with Crippen molar-refractivity contribution in [1.29, 1.82) is 0 Å². The summed E-state index contributed by atoms with van der Waals surface area (Å²) in [6, 6.07) is 12.7. The van der Waals surface area contributed by atoms with Crippen molar-refractivity contribution < 1.29 is 13.2 Å². The Labute approximate surface area is 158 Å². The number of hydrogen-bond acceptors (Lipinski definition) is 4. The molecule has 1 heterocycles. The maximum atomic E-state index is 12.3. The van der Waals surface area contributed by atoms with Gasteiger partial charge in [0.1, 0.15) is 5.69 Å². The van der Waals surface area contributed by atoms with Crippen LogP contribution in [0.2, 0.25) is 0 Å². The SMILES string of the molecule is CS(=O)(=O)c1ccc(CNC(=O)c2cc(=O)c3cc(Br)ccc3[nH]2)cc1. The number of benzene rings is 2. The maximum Gasteiger partial charge on any atom is 0.268 e. The summed E-state index contributed by atoms with van der Waals surface area (Å²) in [6.07, 6.45) is 1.14. The monoisotopic (exact) mass is 434 g/mol. The van der Waals surface area contributed by atoms with Crippen LogP contribution in [-0.2, 0) is 16.4 Å². The summed E-state index contributed by atoms with van der Waals surface area (Å²) in [6.45, 7) is 0.212. The molecule has 0 saturated carbocycles. The molecule has 0 aliphatic rings. The molecule has 8 heteroatoms. The number of pyridine rings is 1. The van der Waals surface area contributed by atoms with Crippen LogP contribution in [0.5, 0.6) is 0 Å². The van der Waals surface area contributed by atoms with Gasteiger partial charge in [-0.2, -0.15) is 0 Å². The summed E-state index contributed by atoms with van der Waals surface area (Å²) in [5.74, 6) is -0.417. The predicted octanol–water partition coefficient (Wildman–Crippen LogP) is 2.62. The number of carbonyl (C=O) groups excluding carboxylic acids is 1. The second-order valence-corrected chi connectivity index (χ2v) is 8.77. The Hall–Kier alpha value is -2.45.